The maximum Gasteiger partial charge on any atom is 0.222 e. The smallest absolute Gasteiger partial charge is 0.222 e. The van der Waals surface area contributed by atoms with Crippen molar-refractivity contribution in [2.45, 2.75) is 25.6 Å². The van der Waals surface area contributed by atoms with Gasteiger partial charge in [0.05, 0.1) is 19.6 Å². The fraction of sp³-hybridized carbons (Fsp3) is 0.400. The largest absolute Gasteiger partial charge is 0.425 e. The molecule has 0 saturated carbocycles. The number of hydrogen-bond acceptors (Lipinski definition) is 6. The van der Waals surface area contributed by atoms with Crippen molar-refractivity contribution >= 4 is 5.71 Å². The summed E-state index contributed by atoms with van der Waals surface area (Å²) in [5.41, 5.74) is 1.03. The van der Waals surface area contributed by atoms with E-state index in [1.165, 1.54) is 12.1 Å². The van der Waals surface area contributed by atoms with Gasteiger partial charge < -0.3 is 19.3 Å². The zero-order valence-electron chi connectivity index (χ0n) is 12.1. The van der Waals surface area contributed by atoms with Crippen LogP contribution in [0.3, 0.4) is 0 Å². The molecule has 3 rings (SSSR count). The molecule has 22 heavy (non-hydrogen) atoms. The van der Waals surface area contributed by atoms with Crippen molar-refractivity contribution in [2.24, 2.45) is 0 Å². The highest BCUT2D eigenvalue weighted by atomic mass is 19.1. The Kier molecular flexibility index (Phi) is 4.00. The van der Waals surface area contributed by atoms with Gasteiger partial charge in [-0.2, -0.15) is 0 Å². The number of aromatic nitrogens is 2. The topological polar surface area (TPSA) is 81.2 Å². The summed E-state index contributed by atoms with van der Waals surface area (Å²) < 4.78 is 29.8. The molecule has 0 aliphatic carbocycles. The predicted octanol–water partition coefficient (Wildman–Crippen LogP) is 2.37. The first-order valence-corrected chi connectivity index (χ1v) is 6.97. The molecule has 0 spiro atoms. The first-order chi connectivity index (χ1) is 10.6. The van der Waals surface area contributed by atoms with E-state index in [0.29, 0.717) is 36.3 Å². The number of ether oxygens (including phenoxy) is 2. The molecule has 1 aliphatic rings. The summed E-state index contributed by atoms with van der Waals surface area (Å²) in [6.07, 6.45) is 0.455. The van der Waals surface area contributed by atoms with Gasteiger partial charge in [-0.15, -0.1) is 10.2 Å². The summed E-state index contributed by atoms with van der Waals surface area (Å²) in [4.78, 5) is 0. The van der Waals surface area contributed by atoms with E-state index < -0.39 is 5.79 Å². The minimum atomic E-state index is -1.04. The van der Waals surface area contributed by atoms with Gasteiger partial charge in [0.2, 0.25) is 11.8 Å². The van der Waals surface area contributed by atoms with E-state index in [0.717, 1.165) is 0 Å². The van der Waals surface area contributed by atoms with E-state index in [2.05, 4.69) is 10.2 Å². The molecule has 1 aliphatic heterocycles. The second kappa shape index (κ2) is 5.94. The van der Waals surface area contributed by atoms with Crippen LogP contribution in [0.1, 0.15) is 23.8 Å². The van der Waals surface area contributed by atoms with Gasteiger partial charge in [0, 0.05) is 24.6 Å². The monoisotopic (exact) mass is 305 g/mol. The van der Waals surface area contributed by atoms with Crippen molar-refractivity contribution < 1.29 is 18.3 Å². The summed E-state index contributed by atoms with van der Waals surface area (Å²) in [5, 5.41) is 15.8. The Labute approximate surface area is 126 Å². The fourth-order valence-electron chi connectivity index (χ4n) is 2.46. The maximum atomic E-state index is 13.1. The lowest BCUT2D eigenvalue weighted by atomic mass is 9.98. The fourth-order valence-corrected chi connectivity index (χ4v) is 2.46. The average molecular weight is 305 g/mol. The van der Waals surface area contributed by atoms with Gasteiger partial charge in [-0.05, 0) is 12.1 Å². The maximum absolute atomic E-state index is 13.1. The number of aryl methyl sites for hydroxylation is 1. The van der Waals surface area contributed by atoms with Crippen molar-refractivity contribution in [2.75, 3.05) is 13.2 Å². The van der Waals surface area contributed by atoms with Gasteiger partial charge in [-0.3, -0.25) is 0 Å². The Balaban J connectivity index is 1.76. The Morgan fingerprint density at radius 1 is 1.23 bits per heavy atom. The molecule has 2 heterocycles. The number of halogens is 1. The van der Waals surface area contributed by atoms with E-state index >= 15 is 0 Å². The van der Waals surface area contributed by atoms with Crippen LogP contribution in [0.2, 0.25) is 0 Å². The highest BCUT2D eigenvalue weighted by molar-refractivity contribution is 5.83. The number of nitrogens with zero attached hydrogens (tertiary/aromatic N) is 2. The molecule has 1 fully saturated rings. The number of rotatable bonds is 5. The number of benzene rings is 1. The zero-order chi connectivity index (χ0) is 15.6. The molecule has 116 valence electrons. The Hall–Kier alpha value is -2.12. The molecule has 2 aromatic rings. The first-order valence-electron chi connectivity index (χ1n) is 6.97. The van der Waals surface area contributed by atoms with Gasteiger partial charge in [-0.1, -0.05) is 12.1 Å². The standard InChI is InChI=1S/C15H16FN3O3/c1-10-18-19-14(22-10)8-13(17)9-15(20-6-7-21-15)11-2-4-12(16)5-3-11/h2-5,17H,6-9H2,1H3. The number of nitrogens with one attached hydrogen (secondary N) is 1. The van der Waals surface area contributed by atoms with Crippen LogP contribution in [0, 0.1) is 18.2 Å². The summed E-state index contributed by atoms with van der Waals surface area (Å²) in [6.45, 7) is 2.57. The van der Waals surface area contributed by atoms with Crippen molar-refractivity contribution in [3.05, 3.63) is 47.4 Å². The van der Waals surface area contributed by atoms with Crippen LogP contribution < -0.4 is 0 Å². The molecule has 1 N–H and O–H groups in total. The second-order valence-electron chi connectivity index (χ2n) is 5.13. The van der Waals surface area contributed by atoms with Gasteiger partial charge in [0.15, 0.2) is 5.79 Å². The molecule has 6 nitrogen and oxygen atoms in total. The van der Waals surface area contributed by atoms with Crippen molar-refractivity contribution in [1.82, 2.24) is 10.2 Å². The van der Waals surface area contributed by atoms with E-state index in [4.69, 9.17) is 19.3 Å². The zero-order valence-corrected chi connectivity index (χ0v) is 12.1. The normalized spacial score (nSPS) is 16.8. The van der Waals surface area contributed by atoms with Crippen molar-refractivity contribution in [3.63, 3.8) is 0 Å². The van der Waals surface area contributed by atoms with Gasteiger partial charge in [-0.25, -0.2) is 4.39 Å². The minimum Gasteiger partial charge on any atom is -0.425 e. The first kappa shape index (κ1) is 14.8. The molecule has 1 saturated heterocycles. The molecule has 1 aromatic heterocycles. The Morgan fingerprint density at radius 3 is 2.50 bits per heavy atom. The number of hydrogen-bond donors (Lipinski definition) is 1. The highest BCUT2D eigenvalue weighted by Gasteiger charge is 2.39. The highest BCUT2D eigenvalue weighted by Crippen LogP contribution is 2.35. The third kappa shape index (κ3) is 3.05. The molecule has 1 aromatic carbocycles. The van der Waals surface area contributed by atoms with E-state index in [1.807, 2.05) is 0 Å². The van der Waals surface area contributed by atoms with Crippen LogP contribution in [0.4, 0.5) is 4.39 Å². The SMILES string of the molecule is Cc1nnc(CC(=N)CC2(c3ccc(F)cc3)OCCO2)o1. The quantitative estimate of drug-likeness (QED) is 0.858. The van der Waals surface area contributed by atoms with Gasteiger partial charge in [0.25, 0.3) is 0 Å². The van der Waals surface area contributed by atoms with E-state index in [9.17, 15) is 4.39 Å². The lowest BCUT2D eigenvalue weighted by Gasteiger charge is -2.28. The molecular formula is C15H16FN3O3. The van der Waals surface area contributed by atoms with Crippen LogP contribution in [-0.2, 0) is 21.7 Å². The Morgan fingerprint density at radius 2 is 1.91 bits per heavy atom. The van der Waals surface area contributed by atoms with E-state index in [1.54, 1.807) is 19.1 Å². The summed E-state index contributed by atoms with van der Waals surface area (Å²) in [5.74, 6) is -0.521. The summed E-state index contributed by atoms with van der Waals surface area (Å²) in [6, 6.07) is 5.94. The predicted molar refractivity (Wildman–Crippen MR) is 75.1 cm³/mol. The van der Waals surface area contributed by atoms with Crippen LogP contribution >= 0.6 is 0 Å². The van der Waals surface area contributed by atoms with E-state index in [-0.39, 0.29) is 18.7 Å². The average Bonchev–Trinajstić information content (AvgIpc) is 3.10. The lowest BCUT2D eigenvalue weighted by molar-refractivity contribution is -0.159. The molecule has 0 atom stereocenters. The third-order valence-corrected chi connectivity index (χ3v) is 3.42. The van der Waals surface area contributed by atoms with Crippen molar-refractivity contribution in [3.8, 4) is 0 Å². The molecule has 0 amide bonds. The third-order valence-electron chi connectivity index (χ3n) is 3.42. The molecule has 7 heteroatoms. The minimum absolute atomic E-state index is 0.222. The second-order valence-corrected chi connectivity index (χ2v) is 5.13. The van der Waals surface area contributed by atoms with Crippen LogP contribution in [-0.4, -0.2) is 29.1 Å². The summed E-state index contributed by atoms with van der Waals surface area (Å²) in [7, 11) is 0. The van der Waals surface area contributed by atoms with Gasteiger partial charge in [0.1, 0.15) is 5.82 Å². The van der Waals surface area contributed by atoms with Crippen molar-refractivity contribution in [1.29, 1.82) is 5.41 Å². The Bertz CT molecular complexity index is 663. The molecule has 0 radical (unpaired) electrons. The molecule has 0 bridgehead atoms. The molecule has 0 unspecified atom stereocenters. The van der Waals surface area contributed by atoms with Crippen LogP contribution in [0.5, 0.6) is 0 Å². The summed E-state index contributed by atoms with van der Waals surface area (Å²) >= 11 is 0. The van der Waals surface area contributed by atoms with Crippen LogP contribution in [0.15, 0.2) is 28.7 Å². The van der Waals surface area contributed by atoms with Gasteiger partial charge >= 0.3 is 0 Å². The molecular weight excluding hydrogens is 289 g/mol. The van der Waals surface area contributed by atoms with Crippen LogP contribution in [0.25, 0.3) is 0 Å². The lowest BCUT2D eigenvalue weighted by Crippen LogP contribution is -2.31.